The van der Waals surface area contributed by atoms with E-state index in [-0.39, 0.29) is 5.41 Å². The summed E-state index contributed by atoms with van der Waals surface area (Å²) in [4.78, 5) is 15.5. The number of nitrogens with one attached hydrogen (secondary N) is 1. The van der Waals surface area contributed by atoms with Gasteiger partial charge < -0.3 is 10.2 Å². The summed E-state index contributed by atoms with van der Waals surface area (Å²) >= 11 is 0. The molecule has 0 bridgehead atoms. The second-order valence-electron chi connectivity index (χ2n) is 7.65. The first-order chi connectivity index (χ1) is 10.7. The molecule has 2 heterocycles. The van der Waals surface area contributed by atoms with Gasteiger partial charge in [0, 0.05) is 25.0 Å². The van der Waals surface area contributed by atoms with Crippen LogP contribution in [-0.4, -0.2) is 37.0 Å². The molecule has 1 spiro atoms. The SMILES string of the molecule is Cc1ccccc1C1(C(=O)N2CCCC3(CCNC3)C2)CC1. The molecule has 1 unspecified atom stereocenters. The highest BCUT2D eigenvalue weighted by atomic mass is 16.2. The maximum atomic E-state index is 13.3. The van der Waals surface area contributed by atoms with Crippen LogP contribution in [0.25, 0.3) is 0 Å². The first-order valence-electron chi connectivity index (χ1n) is 8.72. The van der Waals surface area contributed by atoms with E-state index in [9.17, 15) is 4.79 Å². The predicted molar refractivity (Wildman–Crippen MR) is 87.8 cm³/mol. The van der Waals surface area contributed by atoms with Crippen LogP contribution in [0.5, 0.6) is 0 Å². The van der Waals surface area contributed by atoms with E-state index in [1.54, 1.807) is 0 Å². The molecule has 118 valence electrons. The van der Waals surface area contributed by atoms with Crippen molar-refractivity contribution in [2.75, 3.05) is 26.2 Å². The summed E-state index contributed by atoms with van der Waals surface area (Å²) in [5, 5.41) is 3.50. The molecule has 1 amide bonds. The molecule has 2 saturated heterocycles. The number of nitrogens with zero attached hydrogens (tertiary/aromatic N) is 1. The molecule has 0 radical (unpaired) electrons. The lowest BCUT2D eigenvalue weighted by molar-refractivity contribution is -0.137. The molecule has 1 N–H and O–H groups in total. The highest BCUT2D eigenvalue weighted by Crippen LogP contribution is 2.51. The van der Waals surface area contributed by atoms with Crippen molar-refractivity contribution in [1.82, 2.24) is 10.2 Å². The highest BCUT2D eigenvalue weighted by molar-refractivity contribution is 5.91. The lowest BCUT2D eigenvalue weighted by Gasteiger charge is -2.41. The summed E-state index contributed by atoms with van der Waals surface area (Å²) < 4.78 is 0. The summed E-state index contributed by atoms with van der Waals surface area (Å²) in [6, 6.07) is 8.45. The number of hydrogen-bond acceptors (Lipinski definition) is 2. The van der Waals surface area contributed by atoms with E-state index >= 15 is 0 Å². The monoisotopic (exact) mass is 298 g/mol. The Kier molecular flexibility index (Phi) is 3.30. The van der Waals surface area contributed by atoms with Crippen LogP contribution in [0, 0.1) is 12.3 Å². The molecule has 3 aliphatic rings. The van der Waals surface area contributed by atoms with Crippen molar-refractivity contribution in [2.45, 2.75) is 44.4 Å². The third-order valence-corrected chi connectivity index (χ3v) is 6.10. The van der Waals surface area contributed by atoms with Crippen molar-refractivity contribution in [3.8, 4) is 0 Å². The zero-order chi connectivity index (χ0) is 15.2. The molecule has 3 nitrogen and oxygen atoms in total. The molecular weight excluding hydrogens is 272 g/mol. The van der Waals surface area contributed by atoms with Gasteiger partial charge in [-0.25, -0.2) is 0 Å². The molecule has 22 heavy (non-hydrogen) atoms. The summed E-state index contributed by atoms with van der Waals surface area (Å²) in [5.74, 6) is 0.396. The Morgan fingerprint density at radius 1 is 1.18 bits per heavy atom. The number of benzene rings is 1. The average Bonchev–Trinajstić information content (AvgIpc) is 3.23. The summed E-state index contributed by atoms with van der Waals surface area (Å²) in [7, 11) is 0. The minimum absolute atomic E-state index is 0.199. The number of piperidine rings is 1. The van der Waals surface area contributed by atoms with Crippen LogP contribution in [0.4, 0.5) is 0 Å². The van der Waals surface area contributed by atoms with Gasteiger partial charge in [-0.3, -0.25) is 4.79 Å². The van der Waals surface area contributed by atoms with Crippen molar-refractivity contribution in [3.05, 3.63) is 35.4 Å². The Morgan fingerprint density at radius 2 is 2.00 bits per heavy atom. The minimum Gasteiger partial charge on any atom is -0.341 e. The number of aryl methyl sites for hydroxylation is 1. The molecule has 3 heteroatoms. The molecular formula is C19H26N2O. The fraction of sp³-hybridized carbons (Fsp3) is 0.632. The molecule has 1 aromatic rings. The predicted octanol–water partition coefficient (Wildman–Crippen LogP) is 2.63. The van der Waals surface area contributed by atoms with Crippen molar-refractivity contribution < 1.29 is 4.79 Å². The quantitative estimate of drug-likeness (QED) is 0.910. The molecule has 2 aliphatic heterocycles. The van der Waals surface area contributed by atoms with Gasteiger partial charge >= 0.3 is 0 Å². The van der Waals surface area contributed by atoms with E-state index in [0.29, 0.717) is 11.3 Å². The molecule has 0 aromatic heterocycles. The van der Waals surface area contributed by atoms with Crippen LogP contribution < -0.4 is 5.32 Å². The van der Waals surface area contributed by atoms with Crippen LogP contribution in [0.1, 0.15) is 43.2 Å². The van der Waals surface area contributed by atoms with Crippen LogP contribution in [0.15, 0.2) is 24.3 Å². The van der Waals surface area contributed by atoms with E-state index in [0.717, 1.165) is 45.4 Å². The molecule has 1 saturated carbocycles. The van der Waals surface area contributed by atoms with E-state index < -0.39 is 0 Å². The number of hydrogen-bond donors (Lipinski definition) is 1. The van der Waals surface area contributed by atoms with Crippen molar-refractivity contribution >= 4 is 5.91 Å². The maximum absolute atomic E-state index is 13.3. The first-order valence-corrected chi connectivity index (χ1v) is 8.72. The first kappa shape index (κ1) is 14.3. The Bertz CT molecular complexity index is 585. The summed E-state index contributed by atoms with van der Waals surface area (Å²) in [5.41, 5.74) is 2.69. The fourth-order valence-corrected chi connectivity index (χ4v) is 4.66. The van der Waals surface area contributed by atoms with Gasteiger partial charge in [0.25, 0.3) is 0 Å². The maximum Gasteiger partial charge on any atom is 0.233 e. The number of likely N-dealkylation sites (tertiary alicyclic amines) is 1. The topological polar surface area (TPSA) is 32.3 Å². The number of amides is 1. The van der Waals surface area contributed by atoms with Gasteiger partial charge in [0.1, 0.15) is 0 Å². The fourth-order valence-electron chi connectivity index (χ4n) is 4.66. The van der Waals surface area contributed by atoms with Gasteiger partial charge in [-0.1, -0.05) is 24.3 Å². The standard InChI is InChI=1S/C19H26N2O/c1-15-5-2-3-6-16(15)19(8-9-19)17(22)21-12-4-7-18(14-21)10-11-20-13-18/h2-3,5-6,20H,4,7-14H2,1H3. The van der Waals surface area contributed by atoms with E-state index in [4.69, 9.17) is 0 Å². The lowest BCUT2D eigenvalue weighted by Crippen LogP contribution is -2.50. The van der Waals surface area contributed by atoms with Crippen molar-refractivity contribution in [1.29, 1.82) is 0 Å². The molecule has 1 aromatic carbocycles. The smallest absolute Gasteiger partial charge is 0.233 e. The molecule has 1 aliphatic carbocycles. The molecule has 3 fully saturated rings. The zero-order valence-corrected chi connectivity index (χ0v) is 13.5. The van der Waals surface area contributed by atoms with Crippen LogP contribution >= 0.6 is 0 Å². The van der Waals surface area contributed by atoms with Crippen LogP contribution in [-0.2, 0) is 10.2 Å². The van der Waals surface area contributed by atoms with Gasteiger partial charge in [-0.2, -0.15) is 0 Å². The number of carbonyl (C=O) groups is 1. The average molecular weight is 298 g/mol. The summed E-state index contributed by atoms with van der Waals surface area (Å²) in [6.45, 7) is 6.26. The number of rotatable bonds is 2. The molecule has 4 rings (SSSR count). The zero-order valence-electron chi connectivity index (χ0n) is 13.5. The number of carbonyl (C=O) groups excluding carboxylic acids is 1. The van der Waals surface area contributed by atoms with Gasteiger partial charge in [0.2, 0.25) is 5.91 Å². The van der Waals surface area contributed by atoms with E-state index in [1.165, 1.54) is 24.0 Å². The Balaban J connectivity index is 1.58. The normalized spacial score (nSPS) is 29.8. The second-order valence-corrected chi connectivity index (χ2v) is 7.65. The van der Waals surface area contributed by atoms with Gasteiger partial charge in [0.05, 0.1) is 5.41 Å². The van der Waals surface area contributed by atoms with Gasteiger partial charge in [-0.15, -0.1) is 0 Å². The Labute approximate surface area is 133 Å². The largest absolute Gasteiger partial charge is 0.341 e. The van der Waals surface area contributed by atoms with E-state index in [2.05, 4.69) is 41.4 Å². The third kappa shape index (κ3) is 2.18. The Hall–Kier alpha value is -1.35. The highest BCUT2D eigenvalue weighted by Gasteiger charge is 2.54. The second kappa shape index (κ2) is 5.09. The van der Waals surface area contributed by atoms with Crippen molar-refractivity contribution in [2.24, 2.45) is 5.41 Å². The van der Waals surface area contributed by atoms with Gasteiger partial charge in [-0.05, 0) is 56.7 Å². The minimum atomic E-state index is -0.199. The van der Waals surface area contributed by atoms with Gasteiger partial charge in [0.15, 0.2) is 0 Å². The van der Waals surface area contributed by atoms with E-state index in [1.807, 2.05) is 0 Å². The molecule has 1 atom stereocenters. The van der Waals surface area contributed by atoms with Crippen LogP contribution in [0.3, 0.4) is 0 Å². The van der Waals surface area contributed by atoms with Crippen molar-refractivity contribution in [3.63, 3.8) is 0 Å². The third-order valence-electron chi connectivity index (χ3n) is 6.10. The Morgan fingerprint density at radius 3 is 2.68 bits per heavy atom. The van der Waals surface area contributed by atoms with Crippen LogP contribution in [0.2, 0.25) is 0 Å². The summed E-state index contributed by atoms with van der Waals surface area (Å²) in [6.07, 6.45) is 5.73. The lowest BCUT2D eigenvalue weighted by atomic mass is 9.78.